The van der Waals surface area contributed by atoms with Gasteiger partial charge in [0.15, 0.2) is 0 Å². The zero-order chi connectivity index (χ0) is 12.3. The lowest BCUT2D eigenvalue weighted by Gasteiger charge is -2.21. The minimum atomic E-state index is -0.891. The van der Waals surface area contributed by atoms with Crippen LogP contribution in [-0.2, 0) is 11.3 Å². The lowest BCUT2D eigenvalue weighted by molar-refractivity contribution is -0.143. The number of hydrogen-bond acceptors (Lipinski definition) is 2. The number of aryl methyl sites for hydroxylation is 2. The molecule has 2 N–H and O–H groups in total. The van der Waals surface area contributed by atoms with Crippen LogP contribution in [0.1, 0.15) is 30.5 Å². The van der Waals surface area contributed by atoms with Crippen LogP contribution in [0.3, 0.4) is 0 Å². The van der Waals surface area contributed by atoms with E-state index in [2.05, 4.69) is 23.5 Å². The molecular weight excluding hydrogens is 202 g/mol. The Hall–Kier alpha value is -1.35. The predicted molar refractivity (Wildman–Crippen MR) is 64.5 cm³/mol. The highest BCUT2D eigenvalue weighted by molar-refractivity contribution is 5.77. The molecule has 16 heavy (non-hydrogen) atoms. The number of hydrogen-bond donors (Lipinski definition) is 2. The van der Waals surface area contributed by atoms with Crippen LogP contribution in [0.5, 0.6) is 0 Å². The van der Waals surface area contributed by atoms with Crippen LogP contribution < -0.4 is 5.32 Å². The quantitative estimate of drug-likeness (QED) is 0.820. The van der Waals surface area contributed by atoms with Crippen LogP contribution in [0.25, 0.3) is 0 Å². The molecule has 3 nitrogen and oxygen atoms in total. The zero-order valence-corrected chi connectivity index (χ0v) is 10.3. The molecule has 1 aromatic carbocycles. The van der Waals surface area contributed by atoms with Crippen molar-refractivity contribution < 1.29 is 9.90 Å². The molecule has 0 radical (unpaired) electrons. The summed E-state index contributed by atoms with van der Waals surface area (Å²) >= 11 is 0. The first-order chi connectivity index (χ1) is 7.31. The first-order valence-electron chi connectivity index (χ1n) is 5.37. The number of aliphatic carboxylic acids is 1. The number of carboxylic acids is 1. The highest BCUT2D eigenvalue weighted by atomic mass is 16.4. The van der Waals surface area contributed by atoms with Crippen molar-refractivity contribution in [1.29, 1.82) is 0 Å². The van der Waals surface area contributed by atoms with Gasteiger partial charge in [-0.2, -0.15) is 0 Å². The van der Waals surface area contributed by atoms with Crippen LogP contribution in [0.2, 0.25) is 0 Å². The topological polar surface area (TPSA) is 49.3 Å². The third-order valence-corrected chi connectivity index (χ3v) is 2.55. The van der Waals surface area contributed by atoms with Gasteiger partial charge in [-0.1, -0.05) is 29.3 Å². The predicted octanol–water partition coefficient (Wildman–Crippen LogP) is 2.26. The Labute approximate surface area is 96.5 Å². The van der Waals surface area contributed by atoms with Gasteiger partial charge >= 0.3 is 5.97 Å². The largest absolute Gasteiger partial charge is 0.480 e. The van der Waals surface area contributed by atoms with Gasteiger partial charge in [0.1, 0.15) is 5.54 Å². The lowest BCUT2D eigenvalue weighted by atomic mass is 10.0. The molecule has 88 valence electrons. The molecule has 0 saturated heterocycles. The van der Waals surface area contributed by atoms with Crippen molar-refractivity contribution in [3.63, 3.8) is 0 Å². The molecule has 0 fully saturated rings. The van der Waals surface area contributed by atoms with Crippen molar-refractivity contribution in [2.24, 2.45) is 0 Å². The second kappa shape index (κ2) is 4.66. The fourth-order valence-corrected chi connectivity index (χ4v) is 1.57. The summed E-state index contributed by atoms with van der Waals surface area (Å²) in [5, 5.41) is 12.0. The molecule has 0 atom stereocenters. The summed E-state index contributed by atoms with van der Waals surface area (Å²) in [5.41, 5.74) is 2.62. The van der Waals surface area contributed by atoms with Crippen LogP contribution in [0, 0.1) is 13.8 Å². The molecule has 0 aromatic heterocycles. The van der Waals surface area contributed by atoms with Crippen LogP contribution >= 0.6 is 0 Å². The molecule has 1 aromatic rings. The maximum absolute atomic E-state index is 10.9. The van der Waals surface area contributed by atoms with E-state index in [1.807, 2.05) is 13.8 Å². The second-order valence-electron chi connectivity index (χ2n) is 4.78. The molecule has 0 amide bonds. The summed E-state index contributed by atoms with van der Waals surface area (Å²) in [6, 6.07) is 6.24. The number of benzene rings is 1. The van der Waals surface area contributed by atoms with Gasteiger partial charge in [0.05, 0.1) is 0 Å². The first kappa shape index (κ1) is 12.7. The van der Waals surface area contributed by atoms with Crippen molar-refractivity contribution in [2.45, 2.75) is 39.8 Å². The molecule has 0 spiro atoms. The third kappa shape index (κ3) is 3.35. The first-order valence-corrected chi connectivity index (χ1v) is 5.37. The molecule has 0 aliphatic heterocycles. The second-order valence-corrected chi connectivity index (χ2v) is 4.78. The summed E-state index contributed by atoms with van der Waals surface area (Å²) in [4.78, 5) is 10.9. The van der Waals surface area contributed by atoms with E-state index >= 15 is 0 Å². The van der Waals surface area contributed by atoms with E-state index in [-0.39, 0.29) is 0 Å². The SMILES string of the molecule is Cc1cc(C)cc(CNC(C)(C)C(=O)O)c1. The smallest absolute Gasteiger partial charge is 0.323 e. The minimum Gasteiger partial charge on any atom is -0.480 e. The Morgan fingerprint density at radius 1 is 1.25 bits per heavy atom. The van der Waals surface area contributed by atoms with E-state index < -0.39 is 11.5 Å². The number of nitrogens with one attached hydrogen (secondary N) is 1. The summed E-state index contributed by atoms with van der Waals surface area (Å²) in [5.74, 6) is -0.836. The fraction of sp³-hybridized carbons (Fsp3) is 0.462. The Bertz CT molecular complexity index is 377. The van der Waals surface area contributed by atoms with Gasteiger partial charge in [0, 0.05) is 6.54 Å². The summed E-state index contributed by atoms with van der Waals surface area (Å²) in [7, 11) is 0. The van der Waals surface area contributed by atoms with Gasteiger partial charge in [-0.05, 0) is 33.3 Å². The van der Waals surface area contributed by atoms with Gasteiger partial charge in [-0.25, -0.2) is 0 Å². The Morgan fingerprint density at radius 2 is 1.75 bits per heavy atom. The molecular formula is C13H19NO2. The van der Waals surface area contributed by atoms with E-state index in [4.69, 9.17) is 5.11 Å². The third-order valence-electron chi connectivity index (χ3n) is 2.55. The average molecular weight is 221 g/mol. The van der Waals surface area contributed by atoms with Gasteiger partial charge in [0.2, 0.25) is 0 Å². The minimum absolute atomic E-state index is 0.571. The highest BCUT2D eigenvalue weighted by Crippen LogP contribution is 2.10. The van der Waals surface area contributed by atoms with Crippen molar-refractivity contribution in [3.8, 4) is 0 Å². The van der Waals surface area contributed by atoms with Crippen LogP contribution in [-0.4, -0.2) is 16.6 Å². The van der Waals surface area contributed by atoms with E-state index in [0.29, 0.717) is 6.54 Å². The standard InChI is InChI=1S/C13H19NO2/c1-9-5-10(2)7-11(6-9)8-14-13(3,4)12(15)16/h5-7,14H,8H2,1-4H3,(H,15,16). The van der Waals surface area contributed by atoms with Crippen molar-refractivity contribution in [1.82, 2.24) is 5.32 Å². The van der Waals surface area contributed by atoms with E-state index in [1.54, 1.807) is 13.8 Å². The molecule has 0 heterocycles. The van der Waals surface area contributed by atoms with Crippen LogP contribution in [0.4, 0.5) is 0 Å². The van der Waals surface area contributed by atoms with Gasteiger partial charge in [-0.3, -0.25) is 10.1 Å². The Kier molecular flexibility index (Phi) is 3.70. The molecule has 0 unspecified atom stereocenters. The van der Waals surface area contributed by atoms with Crippen molar-refractivity contribution in [2.75, 3.05) is 0 Å². The molecule has 0 bridgehead atoms. The fourth-order valence-electron chi connectivity index (χ4n) is 1.57. The van der Waals surface area contributed by atoms with E-state index in [0.717, 1.165) is 5.56 Å². The molecule has 3 heteroatoms. The van der Waals surface area contributed by atoms with Gasteiger partial charge < -0.3 is 5.11 Å². The van der Waals surface area contributed by atoms with Gasteiger partial charge in [0.25, 0.3) is 0 Å². The maximum Gasteiger partial charge on any atom is 0.323 e. The average Bonchev–Trinajstić information content (AvgIpc) is 2.13. The van der Waals surface area contributed by atoms with Crippen LogP contribution in [0.15, 0.2) is 18.2 Å². The van der Waals surface area contributed by atoms with E-state index in [1.165, 1.54) is 11.1 Å². The number of rotatable bonds is 4. The summed E-state index contributed by atoms with van der Waals surface area (Å²) < 4.78 is 0. The number of carboxylic acid groups (broad SMARTS) is 1. The number of carbonyl (C=O) groups is 1. The zero-order valence-electron chi connectivity index (χ0n) is 10.3. The Balaban J connectivity index is 2.71. The summed E-state index contributed by atoms with van der Waals surface area (Å²) in [6.45, 7) is 7.98. The molecule has 0 saturated carbocycles. The summed E-state index contributed by atoms with van der Waals surface area (Å²) in [6.07, 6.45) is 0. The van der Waals surface area contributed by atoms with Crippen molar-refractivity contribution in [3.05, 3.63) is 34.9 Å². The molecule has 0 aliphatic carbocycles. The lowest BCUT2D eigenvalue weighted by Crippen LogP contribution is -2.46. The molecule has 0 aliphatic rings. The normalized spacial score (nSPS) is 11.5. The monoisotopic (exact) mass is 221 g/mol. The van der Waals surface area contributed by atoms with Gasteiger partial charge in [-0.15, -0.1) is 0 Å². The maximum atomic E-state index is 10.9. The van der Waals surface area contributed by atoms with E-state index in [9.17, 15) is 4.79 Å². The van der Waals surface area contributed by atoms with Crippen molar-refractivity contribution >= 4 is 5.97 Å². The molecule has 1 rings (SSSR count). The Morgan fingerprint density at radius 3 is 2.19 bits per heavy atom. The highest BCUT2D eigenvalue weighted by Gasteiger charge is 2.25.